The van der Waals surface area contributed by atoms with Gasteiger partial charge in [-0.2, -0.15) is 0 Å². The van der Waals surface area contributed by atoms with E-state index in [0.29, 0.717) is 19.0 Å². The van der Waals surface area contributed by atoms with Gasteiger partial charge >= 0.3 is 0 Å². The number of anilines is 2. The zero-order chi connectivity index (χ0) is 14.6. The van der Waals surface area contributed by atoms with Gasteiger partial charge in [0.2, 0.25) is 0 Å². The van der Waals surface area contributed by atoms with Crippen LogP contribution in [0.1, 0.15) is 26.6 Å². The van der Waals surface area contributed by atoms with E-state index in [9.17, 15) is 0 Å². The van der Waals surface area contributed by atoms with Gasteiger partial charge in [0.1, 0.15) is 18.2 Å². The molecule has 1 aliphatic heterocycles. The summed E-state index contributed by atoms with van der Waals surface area (Å²) in [6.45, 7) is 9.88. The number of morpholine rings is 1. The Morgan fingerprint density at radius 1 is 1.45 bits per heavy atom. The largest absolute Gasteiger partial charge is 0.377 e. The van der Waals surface area contributed by atoms with Crippen LogP contribution in [0.4, 0.5) is 11.6 Å². The fraction of sp³-hybridized carbons (Fsp3) is 0.714. The zero-order valence-corrected chi connectivity index (χ0v) is 12.8. The topological polar surface area (TPSA) is 59.5 Å². The molecule has 0 amide bonds. The molecule has 0 saturated carbocycles. The molecular formula is C14H24N4O2. The highest BCUT2D eigenvalue weighted by Gasteiger charge is 2.32. The Bertz CT molecular complexity index is 427. The number of nitrogens with one attached hydrogen (secondary N) is 1. The van der Waals surface area contributed by atoms with Crippen LogP contribution in [0.2, 0.25) is 0 Å². The lowest BCUT2D eigenvalue weighted by atomic mass is 10.0. The van der Waals surface area contributed by atoms with Gasteiger partial charge in [-0.25, -0.2) is 9.97 Å². The molecular weight excluding hydrogens is 256 g/mol. The first kappa shape index (κ1) is 15.0. The molecule has 1 aliphatic rings. The summed E-state index contributed by atoms with van der Waals surface area (Å²) in [6.07, 6.45) is 0. The molecule has 20 heavy (non-hydrogen) atoms. The van der Waals surface area contributed by atoms with Gasteiger partial charge < -0.3 is 19.7 Å². The fourth-order valence-electron chi connectivity index (χ4n) is 2.37. The minimum atomic E-state index is -0.0690. The molecule has 1 saturated heterocycles. The minimum absolute atomic E-state index is 0.0690. The van der Waals surface area contributed by atoms with E-state index in [1.54, 1.807) is 7.11 Å². The molecule has 0 bridgehead atoms. The second-order valence-corrected chi connectivity index (χ2v) is 5.51. The van der Waals surface area contributed by atoms with E-state index < -0.39 is 0 Å². The summed E-state index contributed by atoms with van der Waals surface area (Å²) in [6, 6.07) is 2.00. The SMILES string of the molecule is CCNc1cc(N2CCOCC2(C)C)nc(COC)n1. The summed E-state index contributed by atoms with van der Waals surface area (Å²) in [5.41, 5.74) is -0.0690. The van der Waals surface area contributed by atoms with E-state index in [4.69, 9.17) is 9.47 Å². The van der Waals surface area contributed by atoms with Crippen LogP contribution in [-0.4, -0.2) is 48.9 Å². The molecule has 1 N–H and O–H groups in total. The first-order chi connectivity index (χ1) is 9.56. The van der Waals surface area contributed by atoms with Gasteiger partial charge in [0.25, 0.3) is 0 Å². The van der Waals surface area contributed by atoms with Crippen molar-refractivity contribution in [1.82, 2.24) is 9.97 Å². The molecule has 0 atom stereocenters. The van der Waals surface area contributed by atoms with Gasteiger partial charge in [-0.15, -0.1) is 0 Å². The third-order valence-corrected chi connectivity index (χ3v) is 3.31. The van der Waals surface area contributed by atoms with Crippen LogP contribution in [0, 0.1) is 0 Å². The Hall–Kier alpha value is -1.40. The highest BCUT2D eigenvalue weighted by Crippen LogP contribution is 2.27. The van der Waals surface area contributed by atoms with Crippen molar-refractivity contribution in [3.63, 3.8) is 0 Å². The molecule has 2 heterocycles. The minimum Gasteiger partial charge on any atom is -0.377 e. The normalized spacial score (nSPS) is 18.1. The van der Waals surface area contributed by atoms with Gasteiger partial charge in [0.05, 0.1) is 18.8 Å². The first-order valence-electron chi connectivity index (χ1n) is 7.03. The van der Waals surface area contributed by atoms with E-state index in [-0.39, 0.29) is 5.54 Å². The molecule has 6 heteroatoms. The quantitative estimate of drug-likeness (QED) is 0.885. The van der Waals surface area contributed by atoms with Crippen molar-refractivity contribution >= 4 is 11.6 Å². The smallest absolute Gasteiger partial charge is 0.158 e. The van der Waals surface area contributed by atoms with Crippen molar-refractivity contribution in [2.24, 2.45) is 0 Å². The molecule has 0 aliphatic carbocycles. The van der Waals surface area contributed by atoms with Crippen molar-refractivity contribution in [2.45, 2.75) is 32.9 Å². The molecule has 0 radical (unpaired) electrons. The lowest BCUT2D eigenvalue weighted by Gasteiger charge is -2.43. The molecule has 0 spiro atoms. The lowest BCUT2D eigenvalue weighted by molar-refractivity contribution is 0.0638. The van der Waals surface area contributed by atoms with Gasteiger partial charge in [-0.1, -0.05) is 0 Å². The first-order valence-corrected chi connectivity index (χ1v) is 7.03. The summed E-state index contributed by atoms with van der Waals surface area (Å²) in [5.74, 6) is 2.46. The maximum atomic E-state index is 5.57. The van der Waals surface area contributed by atoms with Crippen molar-refractivity contribution in [3.05, 3.63) is 11.9 Å². The Morgan fingerprint density at radius 3 is 2.90 bits per heavy atom. The fourth-order valence-corrected chi connectivity index (χ4v) is 2.37. The number of rotatable bonds is 5. The van der Waals surface area contributed by atoms with Crippen molar-refractivity contribution < 1.29 is 9.47 Å². The molecule has 1 aromatic heterocycles. The predicted octanol–water partition coefficient (Wildman–Crippen LogP) is 1.67. The van der Waals surface area contributed by atoms with Crippen LogP contribution >= 0.6 is 0 Å². The number of aromatic nitrogens is 2. The number of hydrogen-bond acceptors (Lipinski definition) is 6. The molecule has 0 unspecified atom stereocenters. The Labute approximate surface area is 120 Å². The Morgan fingerprint density at radius 2 is 2.25 bits per heavy atom. The third kappa shape index (κ3) is 3.37. The van der Waals surface area contributed by atoms with Gasteiger partial charge in [-0.05, 0) is 20.8 Å². The van der Waals surface area contributed by atoms with Gasteiger partial charge in [0.15, 0.2) is 5.82 Å². The standard InChI is InChI=1S/C14H24N4O2/c1-5-15-11-8-13(17-12(16-11)9-19-4)18-6-7-20-10-14(18,2)3/h8H,5-7,9-10H2,1-4H3,(H,15,16,17). The van der Waals surface area contributed by atoms with Crippen LogP contribution in [0.5, 0.6) is 0 Å². The molecule has 1 fully saturated rings. The van der Waals surface area contributed by atoms with Crippen LogP contribution < -0.4 is 10.2 Å². The number of hydrogen-bond donors (Lipinski definition) is 1. The highest BCUT2D eigenvalue weighted by molar-refractivity contribution is 5.51. The van der Waals surface area contributed by atoms with Gasteiger partial charge in [0, 0.05) is 26.3 Å². The second kappa shape index (κ2) is 6.37. The van der Waals surface area contributed by atoms with Crippen LogP contribution in [0.3, 0.4) is 0 Å². The third-order valence-electron chi connectivity index (χ3n) is 3.31. The second-order valence-electron chi connectivity index (χ2n) is 5.51. The summed E-state index contributed by atoms with van der Waals surface area (Å²) >= 11 is 0. The summed E-state index contributed by atoms with van der Waals surface area (Å²) in [7, 11) is 1.65. The highest BCUT2D eigenvalue weighted by atomic mass is 16.5. The van der Waals surface area contributed by atoms with E-state index >= 15 is 0 Å². The molecule has 6 nitrogen and oxygen atoms in total. The summed E-state index contributed by atoms with van der Waals surface area (Å²) < 4.78 is 10.7. The van der Waals surface area contributed by atoms with Crippen molar-refractivity contribution in [1.29, 1.82) is 0 Å². The van der Waals surface area contributed by atoms with E-state index in [1.807, 2.05) is 6.07 Å². The lowest BCUT2D eigenvalue weighted by Crippen LogP contribution is -2.53. The van der Waals surface area contributed by atoms with Crippen molar-refractivity contribution in [2.75, 3.05) is 43.6 Å². The van der Waals surface area contributed by atoms with Gasteiger partial charge in [-0.3, -0.25) is 0 Å². The predicted molar refractivity (Wildman–Crippen MR) is 79.2 cm³/mol. The van der Waals surface area contributed by atoms with Crippen molar-refractivity contribution in [3.8, 4) is 0 Å². The summed E-state index contributed by atoms with van der Waals surface area (Å²) in [5, 5.41) is 3.25. The van der Waals surface area contributed by atoms with Crippen LogP contribution in [0.15, 0.2) is 6.07 Å². The maximum absolute atomic E-state index is 5.57. The maximum Gasteiger partial charge on any atom is 0.158 e. The Kier molecular flexibility index (Phi) is 4.77. The van der Waals surface area contributed by atoms with E-state index in [0.717, 1.165) is 31.3 Å². The van der Waals surface area contributed by atoms with Crippen LogP contribution in [-0.2, 0) is 16.1 Å². The molecule has 0 aromatic carbocycles. The van der Waals surface area contributed by atoms with E-state index in [2.05, 4.69) is 41.0 Å². The molecule has 112 valence electrons. The molecule has 2 rings (SSSR count). The monoisotopic (exact) mass is 280 g/mol. The number of nitrogens with zero attached hydrogens (tertiary/aromatic N) is 3. The number of ether oxygens (including phenoxy) is 2. The Balaban J connectivity index is 2.33. The average molecular weight is 280 g/mol. The average Bonchev–Trinajstić information content (AvgIpc) is 2.38. The van der Waals surface area contributed by atoms with E-state index in [1.165, 1.54) is 0 Å². The number of methoxy groups -OCH3 is 1. The zero-order valence-electron chi connectivity index (χ0n) is 12.8. The molecule has 1 aromatic rings. The van der Waals surface area contributed by atoms with Crippen LogP contribution in [0.25, 0.3) is 0 Å². The summed E-state index contributed by atoms with van der Waals surface area (Å²) in [4.78, 5) is 11.3.